The van der Waals surface area contributed by atoms with Crippen molar-refractivity contribution in [2.45, 2.75) is 26.4 Å². The second-order valence-corrected chi connectivity index (χ2v) is 6.30. The Morgan fingerprint density at radius 3 is 2.86 bits per heavy atom. The highest BCUT2D eigenvalue weighted by Gasteiger charge is 2.27. The second-order valence-electron chi connectivity index (χ2n) is 5.52. The first-order valence-corrected chi connectivity index (χ1v) is 8.29. The highest BCUT2D eigenvalue weighted by molar-refractivity contribution is 7.07. The molecule has 3 rings (SSSR count). The van der Waals surface area contributed by atoms with Gasteiger partial charge in [0.2, 0.25) is 5.91 Å². The molecule has 1 unspecified atom stereocenters. The van der Waals surface area contributed by atoms with Crippen LogP contribution in [0.3, 0.4) is 0 Å². The molecule has 1 fully saturated rings. The Kier molecular flexibility index (Phi) is 4.49. The Labute approximate surface area is 134 Å². The summed E-state index contributed by atoms with van der Waals surface area (Å²) in [5.74, 6) is 0.807. The van der Waals surface area contributed by atoms with Gasteiger partial charge in [-0.05, 0) is 42.3 Å². The summed E-state index contributed by atoms with van der Waals surface area (Å²) >= 11 is 1.61. The van der Waals surface area contributed by atoms with Crippen LogP contribution in [0, 0.1) is 13.8 Å². The van der Waals surface area contributed by atoms with Crippen LogP contribution in [0.2, 0.25) is 0 Å². The lowest BCUT2D eigenvalue weighted by molar-refractivity contribution is -0.138. The largest absolute Gasteiger partial charge is 0.367 e. The summed E-state index contributed by atoms with van der Waals surface area (Å²) in [6.07, 6.45) is 0.211. The van der Waals surface area contributed by atoms with Crippen molar-refractivity contribution in [3.8, 4) is 0 Å². The number of aryl methyl sites for hydroxylation is 2. The predicted octanol–water partition coefficient (Wildman–Crippen LogP) is 2.30. The van der Waals surface area contributed by atoms with Gasteiger partial charge in [0.1, 0.15) is 6.10 Å². The monoisotopic (exact) mass is 317 g/mol. The van der Waals surface area contributed by atoms with E-state index < -0.39 is 0 Å². The minimum atomic E-state index is -0.237. The van der Waals surface area contributed by atoms with Crippen molar-refractivity contribution in [3.63, 3.8) is 0 Å². The summed E-state index contributed by atoms with van der Waals surface area (Å²) in [7, 11) is 0. The van der Waals surface area contributed by atoms with Crippen molar-refractivity contribution in [2.75, 3.05) is 19.7 Å². The summed E-state index contributed by atoms with van der Waals surface area (Å²) < 4.78 is 5.77. The first kappa shape index (κ1) is 15.1. The van der Waals surface area contributed by atoms with Gasteiger partial charge in [0.25, 0.3) is 0 Å². The molecule has 0 aromatic carbocycles. The molecular formula is C16H19N3O2S. The first-order valence-electron chi connectivity index (χ1n) is 7.34. The zero-order valence-electron chi connectivity index (χ0n) is 12.8. The molecule has 0 N–H and O–H groups in total. The summed E-state index contributed by atoms with van der Waals surface area (Å²) in [6, 6.07) is 3.93. The molecule has 2 aromatic heterocycles. The second kappa shape index (κ2) is 6.54. The fraction of sp³-hybridized carbons (Fsp3) is 0.438. The molecule has 0 aliphatic carbocycles. The third kappa shape index (κ3) is 3.51. The Morgan fingerprint density at radius 1 is 1.41 bits per heavy atom. The maximum absolute atomic E-state index is 12.4. The van der Waals surface area contributed by atoms with Gasteiger partial charge in [0.15, 0.2) is 5.82 Å². The molecule has 0 saturated carbocycles. The molecule has 0 spiro atoms. The Bertz CT molecular complexity index is 637. The van der Waals surface area contributed by atoms with E-state index in [1.165, 1.54) is 0 Å². The summed E-state index contributed by atoms with van der Waals surface area (Å²) in [5.41, 5.74) is 2.92. The van der Waals surface area contributed by atoms with Gasteiger partial charge in [0, 0.05) is 17.9 Å². The summed E-state index contributed by atoms with van der Waals surface area (Å²) in [5, 5.41) is 4.01. The Balaban J connectivity index is 1.69. The van der Waals surface area contributed by atoms with Gasteiger partial charge in [-0.25, -0.2) is 9.97 Å². The number of carbonyl (C=O) groups excluding carboxylic acids is 1. The van der Waals surface area contributed by atoms with E-state index in [0.717, 1.165) is 17.0 Å². The van der Waals surface area contributed by atoms with E-state index in [1.807, 2.05) is 41.6 Å². The third-order valence-corrected chi connectivity index (χ3v) is 4.37. The van der Waals surface area contributed by atoms with Crippen molar-refractivity contribution in [3.05, 3.63) is 45.7 Å². The number of ether oxygens (including phenoxy) is 1. The number of amides is 1. The average molecular weight is 317 g/mol. The van der Waals surface area contributed by atoms with Gasteiger partial charge < -0.3 is 9.64 Å². The topological polar surface area (TPSA) is 55.3 Å². The van der Waals surface area contributed by atoms with E-state index in [9.17, 15) is 4.79 Å². The molecule has 1 aliphatic heterocycles. The number of aromatic nitrogens is 2. The molecule has 1 amide bonds. The van der Waals surface area contributed by atoms with E-state index in [0.29, 0.717) is 31.9 Å². The van der Waals surface area contributed by atoms with Crippen molar-refractivity contribution in [2.24, 2.45) is 0 Å². The maximum Gasteiger partial charge on any atom is 0.227 e. The lowest BCUT2D eigenvalue weighted by Gasteiger charge is -2.32. The zero-order chi connectivity index (χ0) is 15.5. The number of hydrogen-bond donors (Lipinski definition) is 0. The van der Waals surface area contributed by atoms with Gasteiger partial charge in [-0.2, -0.15) is 11.3 Å². The number of carbonyl (C=O) groups is 1. The van der Waals surface area contributed by atoms with Crippen LogP contribution in [0.1, 0.15) is 28.9 Å². The van der Waals surface area contributed by atoms with Gasteiger partial charge in [0.05, 0.1) is 19.6 Å². The Hall–Kier alpha value is -1.79. The number of nitrogens with zero attached hydrogens (tertiary/aromatic N) is 3. The zero-order valence-corrected chi connectivity index (χ0v) is 13.6. The smallest absolute Gasteiger partial charge is 0.227 e. The van der Waals surface area contributed by atoms with Gasteiger partial charge in [-0.15, -0.1) is 0 Å². The number of thiophene rings is 1. The molecule has 116 valence electrons. The molecule has 1 aliphatic rings. The molecule has 3 heterocycles. The van der Waals surface area contributed by atoms with Crippen LogP contribution in [0.15, 0.2) is 22.9 Å². The van der Waals surface area contributed by atoms with Crippen molar-refractivity contribution in [1.82, 2.24) is 14.9 Å². The fourth-order valence-electron chi connectivity index (χ4n) is 2.61. The highest BCUT2D eigenvalue weighted by Crippen LogP contribution is 2.21. The molecule has 1 saturated heterocycles. The van der Waals surface area contributed by atoms with Crippen LogP contribution >= 0.6 is 11.3 Å². The van der Waals surface area contributed by atoms with Crippen LogP contribution in [0.4, 0.5) is 0 Å². The van der Waals surface area contributed by atoms with Crippen LogP contribution in [-0.2, 0) is 16.0 Å². The molecule has 2 aromatic rings. The summed E-state index contributed by atoms with van der Waals surface area (Å²) in [4.78, 5) is 23.2. The molecule has 6 heteroatoms. The van der Waals surface area contributed by atoms with Crippen molar-refractivity contribution < 1.29 is 9.53 Å². The van der Waals surface area contributed by atoms with Crippen LogP contribution in [0.5, 0.6) is 0 Å². The highest BCUT2D eigenvalue weighted by atomic mass is 32.1. The molecule has 0 radical (unpaired) electrons. The molecular weight excluding hydrogens is 298 g/mol. The van der Waals surface area contributed by atoms with Gasteiger partial charge >= 0.3 is 0 Å². The minimum Gasteiger partial charge on any atom is -0.367 e. The van der Waals surface area contributed by atoms with E-state index in [4.69, 9.17) is 4.74 Å². The quantitative estimate of drug-likeness (QED) is 0.871. The van der Waals surface area contributed by atoms with E-state index in [2.05, 4.69) is 9.97 Å². The van der Waals surface area contributed by atoms with Crippen LogP contribution in [-0.4, -0.2) is 40.5 Å². The normalized spacial score (nSPS) is 18.5. The first-order chi connectivity index (χ1) is 10.6. The molecule has 1 atom stereocenters. The standard InChI is InChI=1S/C16H19N3O2S/c1-11-7-12(2)18-16(17-11)14-9-19(4-5-21-14)15(20)8-13-3-6-22-10-13/h3,6-7,10,14H,4-5,8-9H2,1-2H3. The lowest BCUT2D eigenvalue weighted by atomic mass is 10.2. The van der Waals surface area contributed by atoms with Crippen LogP contribution < -0.4 is 0 Å². The lowest BCUT2D eigenvalue weighted by Crippen LogP contribution is -2.43. The van der Waals surface area contributed by atoms with Crippen molar-refractivity contribution >= 4 is 17.2 Å². The summed E-state index contributed by atoms with van der Waals surface area (Å²) in [6.45, 7) is 5.56. The van der Waals surface area contributed by atoms with Gasteiger partial charge in [-0.3, -0.25) is 4.79 Å². The van der Waals surface area contributed by atoms with E-state index in [-0.39, 0.29) is 12.0 Å². The Morgan fingerprint density at radius 2 is 2.18 bits per heavy atom. The molecule has 0 bridgehead atoms. The van der Waals surface area contributed by atoms with E-state index in [1.54, 1.807) is 11.3 Å². The van der Waals surface area contributed by atoms with E-state index >= 15 is 0 Å². The van der Waals surface area contributed by atoms with Crippen LogP contribution in [0.25, 0.3) is 0 Å². The SMILES string of the molecule is Cc1cc(C)nc(C2CN(C(=O)Cc3ccsc3)CCO2)n1. The molecule has 22 heavy (non-hydrogen) atoms. The van der Waals surface area contributed by atoms with Crippen molar-refractivity contribution in [1.29, 1.82) is 0 Å². The maximum atomic E-state index is 12.4. The third-order valence-electron chi connectivity index (χ3n) is 3.64. The number of rotatable bonds is 3. The predicted molar refractivity (Wildman–Crippen MR) is 84.8 cm³/mol. The minimum absolute atomic E-state index is 0.135. The number of morpholine rings is 1. The number of hydrogen-bond acceptors (Lipinski definition) is 5. The molecule has 5 nitrogen and oxygen atoms in total. The van der Waals surface area contributed by atoms with Gasteiger partial charge in [-0.1, -0.05) is 0 Å². The average Bonchev–Trinajstić information content (AvgIpc) is 2.99. The fourth-order valence-corrected chi connectivity index (χ4v) is 3.28.